The zero-order valence-electron chi connectivity index (χ0n) is 18.6. The Hall–Kier alpha value is -3.13. The summed E-state index contributed by atoms with van der Waals surface area (Å²) in [6.07, 6.45) is 1.73. The van der Waals surface area contributed by atoms with Gasteiger partial charge in [-0.15, -0.1) is 0 Å². The third-order valence-electron chi connectivity index (χ3n) is 5.36. The van der Waals surface area contributed by atoms with Crippen molar-refractivity contribution < 1.29 is 13.1 Å². The second-order valence-electron chi connectivity index (χ2n) is 7.32. The van der Waals surface area contributed by atoms with Gasteiger partial charge in [-0.1, -0.05) is 42.0 Å². The number of hydrogen-bond acceptors (Lipinski definition) is 1. The average Bonchev–Trinajstić information content (AvgIpc) is 3.03. The fourth-order valence-electron chi connectivity index (χ4n) is 4.03. The summed E-state index contributed by atoms with van der Waals surface area (Å²) in [4.78, 5) is 0. The molecule has 2 aromatic heterocycles. The molecule has 0 fully saturated rings. The highest BCUT2D eigenvalue weighted by Gasteiger charge is 2.24. The number of furan rings is 1. The second kappa shape index (κ2) is 5.68. The normalized spacial score (nSPS) is 13.8. The Morgan fingerprint density at radius 3 is 2.59 bits per heavy atom. The number of rotatable bonds is 1. The molecule has 2 heteroatoms. The molecule has 0 unspecified atom stereocenters. The van der Waals surface area contributed by atoms with Gasteiger partial charge < -0.3 is 4.42 Å². The lowest BCUT2D eigenvalue weighted by Gasteiger charge is -2.06. The SMILES string of the molecule is [2H]C([2H])([2H])c1c[n+](C)c(-c2ccccc2C)c2oc3cc4ccc(C)cc4cc3c12. The molecule has 0 saturated heterocycles. The number of benzene rings is 3. The standard InChI is InChI=1S/C25H22NO/c1-15-9-10-18-13-22-21(12-19(18)11-15)23-17(3)14-26(4)24(25(23)27-22)20-8-6-5-7-16(20)2/h5-14H,1-4H3/q+1/i3D3. The van der Waals surface area contributed by atoms with E-state index >= 15 is 0 Å². The van der Waals surface area contributed by atoms with E-state index in [1.807, 2.05) is 35.9 Å². The smallest absolute Gasteiger partial charge is 0.256 e. The number of nitrogens with zero attached hydrogens (tertiary/aromatic N) is 1. The molecule has 0 N–H and O–H groups in total. The molecule has 0 aliphatic rings. The molecule has 5 aromatic rings. The van der Waals surface area contributed by atoms with E-state index in [9.17, 15) is 0 Å². The Kier molecular flexibility index (Phi) is 2.76. The van der Waals surface area contributed by atoms with Crippen LogP contribution in [0.3, 0.4) is 0 Å². The van der Waals surface area contributed by atoms with E-state index in [-0.39, 0.29) is 0 Å². The lowest BCUT2D eigenvalue weighted by atomic mass is 9.99. The van der Waals surface area contributed by atoms with Crippen LogP contribution in [-0.4, -0.2) is 0 Å². The van der Waals surface area contributed by atoms with Crippen molar-refractivity contribution >= 4 is 32.7 Å². The molecule has 0 amide bonds. The van der Waals surface area contributed by atoms with E-state index in [0.29, 0.717) is 22.1 Å². The Balaban J connectivity index is 2.00. The van der Waals surface area contributed by atoms with Crippen LogP contribution in [0.15, 0.2) is 65.2 Å². The van der Waals surface area contributed by atoms with Crippen LogP contribution in [0.1, 0.15) is 20.8 Å². The predicted octanol–water partition coefficient (Wildman–Crippen LogP) is 6.16. The maximum atomic E-state index is 8.16. The van der Waals surface area contributed by atoms with Crippen LogP contribution in [0.5, 0.6) is 0 Å². The van der Waals surface area contributed by atoms with Crippen molar-refractivity contribution in [1.29, 1.82) is 0 Å². The minimum absolute atomic E-state index is 0.308. The zero-order chi connectivity index (χ0) is 21.2. The molecule has 0 radical (unpaired) electrons. The molecule has 2 heterocycles. The van der Waals surface area contributed by atoms with E-state index < -0.39 is 6.85 Å². The van der Waals surface area contributed by atoms with Crippen LogP contribution in [0.25, 0.3) is 44.0 Å². The Morgan fingerprint density at radius 1 is 0.926 bits per heavy atom. The first-order valence-electron chi connectivity index (χ1n) is 10.6. The fraction of sp³-hybridized carbons (Fsp3) is 0.160. The van der Waals surface area contributed by atoms with Crippen LogP contribution in [-0.2, 0) is 7.05 Å². The third-order valence-corrected chi connectivity index (χ3v) is 5.36. The number of hydrogen-bond donors (Lipinski definition) is 0. The number of fused-ring (bicyclic) bond motifs is 4. The molecular formula is C25H22NO+. The summed E-state index contributed by atoms with van der Waals surface area (Å²) in [5.74, 6) is 0. The van der Waals surface area contributed by atoms with Gasteiger partial charge in [0.15, 0.2) is 6.20 Å². The minimum atomic E-state index is -2.25. The largest absolute Gasteiger partial charge is 0.449 e. The van der Waals surface area contributed by atoms with Crippen molar-refractivity contribution in [3.8, 4) is 11.3 Å². The maximum absolute atomic E-state index is 8.16. The Bertz CT molecular complexity index is 1460. The lowest BCUT2D eigenvalue weighted by molar-refractivity contribution is -0.659. The predicted molar refractivity (Wildman–Crippen MR) is 112 cm³/mol. The second-order valence-corrected chi connectivity index (χ2v) is 7.32. The highest BCUT2D eigenvalue weighted by atomic mass is 16.3. The molecule has 3 aromatic carbocycles. The summed E-state index contributed by atoms with van der Waals surface area (Å²) in [6, 6.07) is 18.4. The van der Waals surface area contributed by atoms with Crippen molar-refractivity contribution in [3.63, 3.8) is 0 Å². The summed E-state index contributed by atoms with van der Waals surface area (Å²) in [6.45, 7) is 1.86. The molecule has 0 atom stereocenters. The van der Waals surface area contributed by atoms with E-state index in [4.69, 9.17) is 8.53 Å². The van der Waals surface area contributed by atoms with E-state index in [0.717, 1.165) is 38.5 Å². The van der Waals surface area contributed by atoms with Crippen molar-refractivity contribution in [1.82, 2.24) is 0 Å². The van der Waals surface area contributed by atoms with Gasteiger partial charge in [0, 0.05) is 20.4 Å². The first kappa shape index (κ1) is 13.1. The topological polar surface area (TPSA) is 17.0 Å². The van der Waals surface area contributed by atoms with Gasteiger partial charge in [-0.2, -0.15) is 4.57 Å². The molecule has 132 valence electrons. The van der Waals surface area contributed by atoms with Crippen molar-refractivity contribution in [2.45, 2.75) is 20.7 Å². The van der Waals surface area contributed by atoms with Crippen LogP contribution in [0.4, 0.5) is 0 Å². The van der Waals surface area contributed by atoms with Gasteiger partial charge in [-0.25, -0.2) is 0 Å². The lowest BCUT2D eigenvalue weighted by Crippen LogP contribution is -2.31. The monoisotopic (exact) mass is 355 g/mol. The summed E-state index contributed by atoms with van der Waals surface area (Å²) in [7, 11) is 1.88. The van der Waals surface area contributed by atoms with Crippen LogP contribution in [0, 0.1) is 20.7 Å². The molecule has 0 spiro atoms. The van der Waals surface area contributed by atoms with Gasteiger partial charge >= 0.3 is 0 Å². The van der Waals surface area contributed by atoms with Crippen molar-refractivity contribution in [2.24, 2.45) is 7.05 Å². The minimum Gasteiger partial charge on any atom is -0.449 e. The highest BCUT2D eigenvalue weighted by molar-refractivity contribution is 6.13. The first-order chi connectivity index (χ1) is 14.2. The highest BCUT2D eigenvalue weighted by Crippen LogP contribution is 2.38. The molecule has 0 bridgehead atoms. The summed E-state index contributed by atoms with van der Waals surface area (Å²) < 4.78 is 32.7. The van der Waals surface area contributed by atoms with Gasteiger partial charge in [0.1, 0.15) is 12.6 Å². The van der Waals surface area contributed by atoms with Crippen molar-refractivity contribution in [3.05, 3.63) is 77.5 Å². The van der Waals surface area contributed by atoms with Crippen LogP contribution >= 0.6 is 0 Å². The van der Waals surface area contributed by atoms with E-state index in [2.05, 4.69) is 44.2 Å². The number of aryl methyl sites for hydroxylation is 4. The molecule has 0 saturated carbocycles. The van der Waals surface area contributed by atoms with Crippen LogP contribution < -0.4 is 4.57 Å². The fourth-order valence-corrected chi connectivity index (χ4v) is 4.03. The molecular weight excluding hydrogens is 330 g/mol. The zero-order valence-corrected chi connectivity index (χ0v) is 15.6. The molecule has 5 rings (SSSR count). The maximum Gasteiger partial charge on any atom is 0.256 e. The number of aromatic nitrogens is 1. The van der Waals surface area contributed by atoms with Gasteiger partial charge in [0.25, 0.3) is 5.69 Å². The first-order valence-corrected chi connectivity index (χ1v) is 9.10. The van der Waals surface area contributed by atoms with Crippen LogP contribution in [0.2, 0.25) is 0 Å². The molecule has 2 nitrogen and oxygen atoms in total. The molecule has 0 aliphatic carbocycles. The Labute approximate surface area is 162 Å². The quantitative estimate of drug-likeness (QED) is 0.329. The van der Waals surface area contributed by atoms with Gasteiger partial charge in [0.05, 0.1) is 5.56 Å². The van der Waals surface area contributed by atoms with Crippen molar-refractivity contribution in [2.75, 3.05) is 0 Å². The third kappa shape index (κ3) is 2.37. The van der Waals surface area contributed by atoms with E-state index in [1.54, 1.807) is 6.20 Å². The number of pyridine rings is 1. The molecule has 27 heavy (non-hydrogen) atoms. The summed E-state index contributed by atoms with van der Waals surface area (Å²) in [5.41, 5.74) is 5.81. The van der Waals surface area contributed by atoms with Gasteiger partial charge in [-0.3, -0.25) is 0 Å². The van der Waals surface area contributed by atoms with Gasteiger partial charge in [-0.05, 0) is 55.2 Å². The van der Waals surface area contributed by atoms with Gasteiger partial charge in [0.2, 0.25) is 5.58 Å². The van der Waals surface area contributed by atoms with E-state index in [1.165, 1.54) is 0 Å². The average molecular weight is 355 g/mol. The summed E-state index contributed by atoms with van der Waals surface area (Å²) >= 11 is 0. The summed E-state index contributed by atoms with van der Waals surface area (Å²) in [5, 5.41) is 3.66. The Morgan fingerprint density at radius 2 is 1.78 bits per heavy atom. The molecule has 0 aliphatic heterocycles.